The number of hydrogen-bond acceptors (Lipinski definition) is 4. The predicted octanol–water partition coefficient (Wildman–Crippen LogP) is 4.08. The molecule has 1 fully saturated rings. The first kappa shape index (κ1) is 21.8. The third-order valence-corrected chi connectivity index (χ3v) is 6.38. The van der Waals surface area contributed by atoms with Crippen molar-refractivity contribution in [2.24, 2.45) is 4.99 Å². The van der Waals surface area contributed by atoms with Gasteiger partial charge in [-0.05, 0) is 30.9 Å². The first-order valence-corrected chi connectivity index (χ1v) is 11.4. The predicted molar refractivity (Wildman–Crippen MR) is 124 cm³/mol. The van der Waals surface area contributed by atoms with E-state index in [1.54, 1.807) is 11.3 Å². The third kappa shape index (κ3) is 6.28. The van der Waals surface area contributed by atoms with Gasteiger partial charge in [0.15, 0.2) is 5.96 Å². The van der Waals surface area contributed by atoms with Crippen LogP contribution in [0.2, 0.25) is 0 Å². The van der Waals surface area contributed by atoms with Crippen molar-refractivity contribution in [3.63, 3.8) is 0 Å². The Bertz CT molecular complexity index is 813. The maximum atomic E-state index is 4.76. The molecule has 0 radical (unpaired) electrons. The summed E-state index contributed by atoms with van der Waals surface area (Å²) in [5.74, 6) is 0.870. The Labute approximate surface area is 179 Å². The minimum atomic E-state index is 0.0982. The number of rotatable bonds is 5. The number of benzene rings is 1. The van der Waals surface area contributed by atoms with E-state index < -0.39 is 0 Å². The maximum absolute atomic E-state index is 4.76. The quantitative estimate of drug-likeness (QED) is 0.573. The van der Waals surface area contributed by atoms with Gasteiger partial charge in [0.2, 0.25) is 0 Å². The molecule has 0 unspecified atom stereocenters. The van der Waals surface area contributed by atoms with E-state index in [9.17, 15) is 0 Å². The van der Waals surface area contributed by atoms with E-state index in [1.165, 1.54) is 11.1 Å². The van der Waals surface area contributed by atoms with E-state index in [0.717, 1.165) is 49.1 Å². The number of piperidine rings is 1. The van der Waals surface area contributed by atoms with Crippen molar-refractivity contribution in [2.45, 2.75) is 65.1 Å². The van der Waals surface area contributed by atoms with Gasteiger partial charge in [-0.3, -0.25) is 9.89 Å². The lowest BCUT2D eigenvalue weighted by atomic mass is 9.93. The lowest BCUT2D eigenvalue weighted by Gasteiger charge is -2.33. The molecule has 2 heterocycles. The summed E-state index contributed by atoms with van der Waals surface area (Å²) in [6.07, 6.45) is 2.27. The van der Waals surface area contributed by atoms with E-state index in [0.29, 0.717) is 12.6 Å². The summed E-state index contributed by atoms with van der Waals surface area (Å²) >= 11 is 1.71. The van der Waals surface area contributed by atoms with Crippen LogP contribution in [0.1, 0.15) is 55.4 Å². The molecule has 1 aliphatic rings. The molecular formula is C23H35N5S. The summed E-state index contributed by atoms with van der Waals surface area (Å²) in [6.45, 7) is 12.8. The van der Waals surface area contributed by atoms with Crippen LogP contribution in [0.4, 0.5) is 0 Å². The first-order chi connectivity index (χ1) is 13.8. The van der Waals surface area contributed by atoms with Crippen LogP contribution in [0, 0.1) is 6.92 Å². The number of thiazole rings is 1. The Kier molecular flexibility index (Phi) is 7.30. The van der Waals surface area contributed by atoms with Gasteiger partial charge in [0.05, 0.1) is 12.2 Å². The highest BCUT2D eigenvalue weighted by molar-refractivity contribution is 7.09. The summed E-state index contributed by atoms with van der Waals surface area (Å²) in [4.78, 5) is 11.7. The molecule has 0 aliphatic carbocycles. The molecule has 3 rings (SSSR count). The highest BCUT2D eigenvalue weighted by Gasteiger charge is 2.21. The molecule has 1 saturated heterocycles. The zero-order valence-electron chi connectivity index (χ0n) is 18.5. The smallest absolute Gasteiger partial charge is 0.191 e. The summed E-state index contributed by atoms with van der Waals surface area (Å²) in [5.41, 5.74) is 4.08. The number of aliphatic imine (C=N–C) groups is 1. The second-order valence-electron chi connectivity index (χ2n) is 8.92. The van der Waals surface area contributed by atoms with Crippen LogP contribution in [-0.2, 0) is 18.5 Å². The van der Waals surface area contributed by atoms with E-state index in [-0.39, 0.29) is 5.41 Å². The van der Waals surface area contributed by atoms with Crippen LogP contribution in [0.15, 0.2) is 34.6 Å². The molecule has 29 heavy (non-hydrogen) atoms. The molecule has 1 aromatic carbocycles. The Morgan fingerprint density at radius 3 is 2.59 bits per heavy atom. The Morgan fingerprint density at radius 2 is 1.97 bits per heavy atom. The second-order valence-corrected chi connectivity index (χ2v) is 9.87. The normalized spacial score (nSPS) is 16.8. The molecule has 0 atom stereocenters. The number of nitrogens with one attached hydrogen (secondary N) is 2. The first-order valence-electron chi connectivity index (χ1n) is 10.5. The van der Waals surface area contributed by atoms with Gasteiger partial charge in [-0.1, -0.05) is 45.0 Å². The topological polar surface area (TPSA) is 52.6 Å². The van der Waals surface area contributed by atoms with Crippen LogP contribution in [0.3, 0.4) is 0 Å². The van der Waals surface area contributed by atoms with Crippen molar-refractivity contribution >= 4 is 17.3 Å². The lowest BCUT2D eigenvalue weighted by Crippen LogP contribution is -2.48. The number of hydrogen-bond donors (Lipinski definition) is 2. The summed E-state index contributed by atoms with van der Waals surface area (Å²) in [5, 5.41) is 10.3. The average Bonchev–Trinajstić information content (AvgIpc) is 3.18. The van der Waals surface area contributed by atoms with Gasteiger partial charge >= 0.3 is 0 Å². The summed E-state index contributed by atoms with van der Waals surface area (Å²) in [7, 11) is 1.84. The Balaban J connectivity index is 1.44. The average molecular weight is 414 g/mol. The number of aryl methyl sites for hydroxylation is 1. The standard InChI is InChI=1S/C23H35N5S/c1-17-8-6-7-9-18(17)15-28-12-10-19(11-13-28)26-22(24-5)25-14-21-27-20(16-29-21)23(2,3)4/h6-9,16,19H,10-15H2,1-5H3,(H2,24,25,26). The molecule has 5 nitrogen and oxygen atoms in total. The molecule has 2 aromatic rings. The molecule has 0 amide bonds. The van der Waals surface area contributed by atoms with Crippen LogP contribution >= 0.6 is 11.3 Å². The molecule has 6 heteroatoms. The number of likely N-dealkylation sites (tertiary alicyclic amines) is 1. The van der Waals surface area contributed by atoms with Crippen molar-refractivity contribution in [2.75, 3.05) is 20.1 Å². The van der Waals surface area contributed by atoms with E-state index in [4.69, 9.17) is 4.98 Å². The van der Waals surface area contributed by atoms with E-state index in [1.807, 2.05) is 7.05 Å². The van der Waals surface area contributed by atoms with Gasteiger partial charge < -0.3 is 10.6 Å². The Morgan fingerprint density at radius 1 is 1.24 bits per heavy atom. The van der Waals surface area contributed by atoms with Crippen molar-refractivity contribution in [1.29, 1.82) is 0 Å². The van der Waals surface area contributed by atoms with Crippen LogP contribution in [-0.4, -0.2) is 42.0 Å². The fourth-order valence-corrected chi connectivity index (χ4v) is 4.51. The number of nitrogens with zero attached hydrogens (tertiary/aromatic N) is 3. The fourth-order valence-electron chi connectivity index (χ4n) is 3.55. The molecular weight excluding hydrogens is 378 g/mol. The second kappa shape index (κ2) is 9.72. The van der Waals surface area contributed by atoms with Gasteiger partial charge in [0.25, 0.3) is 0 Å². The monoisotopic (exact) mass is 413 g/mol. The van der Waals surface area contributed by atoms with Gasteiger partial charge in [-0.15, -0.1) is 11.3 Å². The maximum Gasteiger partial charge on any atom is 0.191 e. The van der Waals surface area contributed by atoms with Crippen molar-refractivity contribution in [1.82, 2.24) is 20.5 Å². The summed E-state index contributed by atoms with van der Waals surface area (Å²) in [6, 6.07) is 9.17. The highest BCUT2D eigenvalue weighted by Crippen LogP contribution is 2.23. The van der Waals surface area contributed by atoms with Crippen LogP contribution < -0.4 is 10.6 Å². The molecule has 2 N–H and O–H groups in total. The SMILES string of the molecule is CN=C(NCc1nc(C(C)(C)C)cs1)NC1CCN(Cc2ccccc2C)CC1. The van der Waals surface area contributed by atoms with E-state index >= 15 is 0 Å². The fraction of sp³-hybridized carbons (Fsp3) is 0.565. The summed E-state index contributed by atoms with van der Waals surface area (Å²) < 4.78 is 0. The molecule has 0 saturated carbocycles. The molecule has 0 bridgehead atoms. The molecule has 1 aliphatic heterocycles. The molecule has 1 aromatic heterocycles. The Hall–Kier alpha value is -1.92. The van der Waals surface area contributed by atoms with Crippen LogP contribution in [0.25, 0.3) is 0 Å². The lowest BCUT2D eigenvalue weighted by molar-refractivity contribution is 0.198. The zero-order valence-corrected chi connectivity index (χ0v) is 19.3. The van der Waals surface area contributed by atoms with E-state index in [2.05, 4.69) is 77.9 Å². The van der Waals surface area contributed by atoms with Gasteiger partial charge in [-0.2, -0.15) is 0 Å². The zero-order chi connectivity index (χ0) is 20.9. The van der Waals surface area contributed by atoms with Gasteiger partial charge in [0.1, 0.15) is 5.01 Å². The number of guanidine groups is 1. The van der Waals surface area contributed by atoms with Gasteiger partial charge in [0, 0.05) is 43.5 Å². The van der Waals surface area contributed by atoms with Gasteiger partial charge in [-0.25, -0.2) is 4.98 Å². The largest absolute Gasteiger partial charge is 0.354 e. The third-order valence-electron chi connectivity index (χ3n) is 5.53. The minimum absolute atomic E-state index is 0.0982. The molecule has 158 valence electrons. The van der Waals surface area contributed by atoms with Crippen molar-refractivity contribution < 1.29 is 0 Å². The number of aromatic nitrogens is 1. The highest BCUT2D eigenvalue weighted by atomic mass is 32.1. The van der Waals surface area contributed by atoms with Crippen molar-refractivity contribution in [3.8, 4) is 0 Å². The molecule has 0 spiro atoms. The van der Waals surface area contributed by atoms with Crippen molar-refractivity contribution in [3.05, 3.63) is 51.5 Å². The van der Waals surface area contributed by atoms with Crippen LogP contribution in [0.5, 0.6) is 0 Å². The minimum Gasteiger partial charge on any atom is -0.354 e.